The summed E-state index contributed by atoms with van der Waals surface area (Å²) in [6.45, 7) is 1.90. The van der Waals surface area contributed by atoms with E-state index in [-0.39, 0.29) is 36.4 Å². The molecule has 0 radical (unpaired) electrons. The molecular formula is C22H22ClLiN2O4. The second kappa shape index (κ2) is 9.99. The van der Waals surface area contributed by atoms with Crippen LogP contribution in [0.1, 0.15) is 46.2 Å². The summed E-state index contributed by atoms with van der Waals surface area (Å²) in [5.74, 6) is -1.86. The Morgan fingerprint density at radius 3 is 2.30 bits per heavy atom. The first-order valence-electron chi connectivity index (χ1n) is 9.04. The fourth-order valence-electron chi connectivity index (χ4n) is 3.61. The average molecular weight is 421 g/mol. The standard InChI is InChI=1S/C22H21ClN2O4.Li.H/c1-13(20-24-18(22(27)28)19(29-3)21(26)25(20)2)17(14-9-5-4-6-10-14)15-11-7-8-12-16(15)23;;/h4-13,17H,1-3H3,(H,27,28);;. The number of halogens is 1. The van der Waals surface area contributed by atoms with Gasteiger partial charge in [-0.15, -0.1) is 0 Å². The SMILES string of the molecule is COc1c(C(=O)O)nc(C(C)C(c2ccccc2)c2ccccc2Cl)n(C)c1=O.[LiH]. The summed E-state index contributed by atoms with van der Waals surface area (Å²) in [6.07, 6.45) is 0. The molecule has 0 amide bonds. The zero-order chi connectivity index (χ0) is 21.1. The number of nitrogens with zero attached hydrogens (tertiary/aromatic N) is 2. The maximum atomic E-state index is 12.7. The van der Waals surface area contributed by atoms with E-state index in [1.54, 1.807) is 7.05 Å². The topological polar surface area (TPSA) is 81.4 Å². The van der Waals surface area contributed by atoms with E-state index in [9.17, 15) is 14.7 Å². The van der Waals surface area contributed by atoms with E-state index in [2.05, 4.69) is 4.98 Å². The molecule has 3 aromatic rings. The molecule has 0 saturated heterocycles. The van der Waals surface area contributed by atoms with Gasteiger partial charge in [-0.2, -0.15) is 0 Å². The first-order chi connectivity index (χ1) is 13.9. The quantitative estimate of drug-likeness (QED) is 0.618. The first-order valence-corrected chi connectivity index (χ1v) is 9.42. The van der Waals surface area contributed by atoms with Crippen LogP contribution in [0.4, 0.5) is 0 Å². The average Bonchev–Trinajstić information content (AvgIpc) is 2.72. The van der Waals surface area contributed by atoms with Gasteiger partial charge in [0, 0.05) is 23.9 Å². The zero-order valence-electron chi connectivity index (χ0n) is 16.3. The van der Waals surface area contributed by atoms with Crippen molar-refractivity contribution in [2.45, 2.75) is 18.8 Å². The predicted octanol–water partition coefficient (Wildman–Crippen LogP) is 3.43. The van der Waals surface area contributed by atoms with Gasteiger partial charge in [-0.1, -0.05) is 67.1 Å². The van der Waals surface area contributed by atoms with Gasteiger partial charge >= 0.3 is 24.8 Å². The number of hydrogen-bond acceptors (Lipinski definition) is 4. The van der Waals surface area contributed by atoms with Gasteiger partial charge in [0.25, 0.3) is 5.56 Å². The summed E-state index contributed by atoms with van der Waals surface area (Å²) >= 11 is 6.50. The van der Waals surface area contributed by atoms with Gasteiger partial charge in [0.05, 0.1) is 7.11 Å². The molecule has 0 bridgehead atoms. The van der Waals surface area contributed by atoms with E-state index in [1.165, 1.54) is 11.7 Å². The van der Waals surface area contributed by atoms with Gasteiger partial charge in [-0.25, -0.2) is 9.78 Å². The second-order valence-corrected chi connectivity index (χ2v) is 7.13. The number of methoxy groups -OCH3 is 1. The van der Waals surface area contributed by atoms with Gasteiger partial charge in [-0.05, 0) is 17.2 Å². The Hall–Kier alpha value is -2.52. The van der Waals surface area contributed by atoms with Gasteiger partial charge in [0.2, 0.25) is 5.75 Å². The normalized spacial score (nSPS) is 12.5. The van der Waals surface area contributed by atoms with Crippen LogP contribution >= 0.6 is 11.6 Å². The number of carboxylic acid groups (broad SMARTS) is 1. The van der Waals surface area contributed by atoms with Gasteiger partial charge in [0.15, 0.2) is 5.69 Å². The number of aromatic nitrogens is 2. The van der Waals surface area contributed by atoms with Crippen molar-refractivity contribution < 1.29 is 14.6 Å². The van der Waals surface area contributed by atoms with Crippen LogP contribution in [-0.4, -0.2) is 46.6 Å². The number of hydrogen-bond donors (Lipinski definition) is 1. The molecule has 8 heteroatoms. The molecule has 0 spiro atoms. The Morgan fingerprint density at radius 2 is 1.73 bits per heavy atom. The Kier molecular flexibility index (Phi) is 7.91. The Labute approximate surface area is 191 Å². The molecule has 0 fully saturated rings. The molecule has 1 heterocycles. The van der Waals surface area contributed by atoms with Crippen LogP contribution < -0.4 is 10.3 Å². The molecular weight excluding hydrogens is 399 g/mol. The molecule has 3 rings (SSSR count). The van der Waals surface area contributed by atoms with Crippen molar-refractivity contribution >= 4 is 36.4 Å². The maximum absolute atomic E-state index is 12.7. The molecule has 152 valence electrons. The molecule has 2 unspecified atom stereocenters. The van der Waals surface area contributed by atoms with Crippen LogP contribution in [0.2, 0.25) is 5.02 Å². The molecule has 0 aliphatic heterocycles. The minimum absolute atomic E-state index is 0. The van der Waals surface area contributed by atoms with Gasteiger partial charge < -0.3 is 9.84 Å². The second-order valence-electron chi connectivity index (χ2n) is 6.72. The Balaban J connectivity index is 0.00000320. The molecule has 1 aromatic heterocycles. The van der Waals surface area contributed by atoms with Gasteiger partial charge in [-0.3, -0.25) is 9.36 Å². The summed E-state index contributed by atoms with van der Waals surface area (Å²) < 4.78 is 6.34. The van der Waals surface area contributed by atoms with Crippen LogP contribution in [0.15, 0.2) is 59.4 Å². The van der Waals surface area contributed by atoms with E-state index < -0.39 is 17.2 Å². The molecule has 2 aromatic carbocycles. The molecule has 0 saturated carbocycles. The number of rotatable bonds is 6. The van der Waals surface area contributed by atoms with Crippen LogP contribution in [-0.2, 0) is 7.05 Å². The van der Waals surface area contributed by atoms with Crippen LogP contribution in [0.5, 0.6) is 5.75 Å². The number of aromatic carboxylic acids is 1. The molecule has 30 heavy (non-hydrogen) atoms. The zero-order valence-corrected chi connectivity index (χ0v) is 17.1. The third-order valence-corrected chi connectivity index (χ3v) is 5.34. The number of carboxylic acids is 1. The van der Waals surface area contributed by atoms with Crippen molar-refractivity contribution in [1.82, 2.24) is 9.55 Å². The summed E-state index contributed by atoms with van der Waals surface area (Å²) in [5, 5.41) is 10.1. The first kappa shape index (κ1) is 23.8. The monoisotopic (exact) mass is 420 g/mol. The van der Waals surface area contributed by atoms with Gasteiger partial charge in [0.1, 0.15) is 5.82 Å². The summed E-state index contributed by atoms with van der Waals surface area (Å²) in [5.41, 5.74) is 0.904. The molecule has 1 N–H and O–H groups in total. The van der Waals surface area contributed by atoms with Crippen molar-refractivity contribution in [3.63, 3.8) is 0 Å². The molecule has 0 aliphatic carbocycles. The predicted molar refractivity (Wildman–Crippen MR) is 118 cm³/mol. The number of carbonyl (C=O) groups is 1. The van der Waals surface area contributed by atoms with Crippen LogP contribution in [0.3, 0.4) is 0 Å². The summed E-state index contributed by atoms with van der Waals surface area (Å²) in [4.78, 5) is 28.7. The third kappa shape index (κ3) is 4.46. The van der Waals surface area contributed by atoms with Crippen molar-refractivity contribution in [2.75, 3.05) is 7.11 Å². The third-order valence-electron chi connectivity index (χ3n) is 5.00. The fraction of sp³-hybridized carbons (Fsp3) is 0.227. The molecule has 6 nitrogen and oxygen atoms in total. The Morgan fingerprint density at radius 1 is 1.13 bits per heavy atom. The van der Waals surface area contributed by atoms with E-state index in [0.717, 1.165) is 11.1 Å². The van der Waals surface area contributed by atoms with E-state index in [0.29, 0.717) is 10.8 Å². The summed E-state index contributed by atoms with van der Waals surface area (Å²) in [6, 6.07) is 17.2. The van der Waals surface area contributed by atoms with E-state index in [1.807, 2.05) is 61.5 Å². The van der Waals surface area contributed by atoms with Crippen LogP contribution in [0.25, 0.3) is 0 Å². The number of ether oxygens (including phenoxy) is 1. The van der Waals surface area contributed by atoms with Crippen LogP contribution in [0, 0.1) is 0 Å². The van der Waals surface area contributed by atoms with Crippen molar-refractivity contribution in [1.29, 1.82) is 0 Å². The molecule has 0 aliphatic rings. The van der Waals surface area contributed by atoms with Crippen molar-refractivity contribution in [3.8, 4) is 5.75 Å². The summed E-state index contributed by atoms with van der Waals surface area (Å²) in [7, 11) is 2.81. The van der Waals surface area contributed by atoms with Crippen molar-refractivity contribution in [2.24, 2.45) is 7.05 Å². The van der Waals surface area contributed by atoms with E-state index in [4.69, 9.17) is 16.3 Å². The number of benzene rings is 2. The Bertz CT molecular complexity index is 1100. The minimum atomic E-state index is -1.32. The molecule has 2 atom stereocenters. The van der Waals surface area contributed by atoms with E-state index >= 15 is 0 Å². The van der Waals surface area contributed by atoms with Crippen molar-refractivity contribution in [3.05, 3.63) is 92.6 Å². The fourth-order valence-corrected chi connectivity index (χ4v) is 3.86.